The SMILES string of the molecule is COc1cncc(C2=CC(O)CC(C)(C)C2)c1. The Morgan fingerprint density at radius 2 is 2.18 bits per heavy atom. The molecule has 3 heteroatoms. The van der Waals surface area contributed by atoms with Crippen LogP contribution >= 0.6 is 0 Å². The van der Waals surface area contributed by atoms with Crippen LogP contribution in [-0.2, 0) is 0 Å². The number of rotatable bonds is 2. The average Bonchev–Trinajstić information content (AvgIpc) is 2.26. The number of aliphatic hydroxyl groups is 1. The Balaban J connectivity index is 2.32. The number of pyridine rings is 1. The van der Waals surface area contributed by atoms with E-state index < -0.39 is 0 Å². The van der Waals surface area contributed by atoms with Gasteiger partial charge in [0.2, 0.25) is 0 Å². The van der Waals surface area contributed by atoms with Crippen molar-refractivity contribution in [3.8, 4) is 5.75 Å². The third kappa shape index (κ3) is 2.86. The standard InChI is InChI=1S/C14H19NO2/c1-14(2)6-10(4-12(16)7-14)11-5-13(17-3)9-15-8-11/h4-5,8-9,12,16H,6-7H2,1-3H3. The van der Waals surface area contributed by atoms with Crippen LogP contribution in [0.1, 0.15) is 32.3 Å². The van der Waals surface area contributed by atoms with Crippen molar-refractivity contribution in [1.82, 2.24) is 4.98 Å². The summed E-state index contributed by atoms with van der Waals surface area (Å²) in [7, 11) is 1.63. The summed E-state index contributed by atoms with van der Waals surface area (Å²) >= 11 is 0. The van der Waals surface area contributed by atoms with E-state index in [-0.39, 0.29) is 11.5 Å². The maximum absolute atomic E-state index is 9.87. The summed E-state index contributed by atoms with van der Waals surface area (Å²) < 4.78 is 5.17. The molecule has 1 aromatic rings. The first kappa shape index (κ1) is 12.1. The molecular formula is C14H19NO2. The van der Waals surface area contributed by atoms with Gasteiger partial charge in [-0.05, 0) is 35.5 Å². The quantitative estimate of drug-likeness (QED) is 0.854. The van der Waals surface area contributed by atoms with Crippen LogP contribution in [0.2, 0.25) is 0 Å². The fraction of sp³-hybridized carbons (Fsp3) is 0.500. The molecule has 1 aliphatic rings. The molecule has 0 fully saturated rings. The van der Waals surface area contributed by atoms with Crippen LogP contribution in [0.4, 0.5) is 0 Å². The fourth-order valence-electron chi connectivity index (χ4n) is 2.41. The Kier molecular flexibility index (Phi) is 3.20. The van der Waals surface area contributed by atoms with Gasteiger partial charge in [0.15, 0.2) is 0 Å². The highest BCUT2D eigenvalue weighted by Gasteiger charge is 2.28. The van der Waals surface area contributed by atoms with E-state index in [1.165, 1.54) is 0 Å². The number of aromatic nitrogens is 1. The zero-order valence-corrected chi connectivity index (χ0v) is 10.6. The highest BCUT2D eigenvalue weighted by atomic mass is 16.5. The van der Waals surface area contributed by atoms with Gasteiger partial charge < -0.3 is 9.84 Å². The number of aliphatic hydroxyl groups excluding tert-OH is 1. The minimum Gasteiger partial charge on any atom is -0.495 e. The highest BCUT2D eigenvalue weighted by molar-refractivity contribution is 5.67. The van der Waals surface area contributed by atoms with E-state index in [9.17, 15) is 5.11 Å². The molecule has 1 N–H and O–H groups in total. The Morgan fingerprint density at radius 1 is 1.41 bits per heavy atom. The second-order valence-corrected chi connectivity index (χ2v) is 5.42. The van der Waals surface area contributed by atoms with Gasteiger partial charge in [0.05, 0.1) is 19.4 Å². The molecule has 92 valence electrons. The summed E-state index contributed by atoms with van der Waals surface area (Å²) in [5.74, 6) is 0.751. The number of hydrogen-bond acceptors (Lipinski definition) is 3. The lowest BCUT2D eigenvalue weighted by molar-refractivity contribution is 0.146. The molecule has 1 aliphatic carbocycles. The van der Waals surface area contributed by atoms with Crippen molar-refractivity contribution >= 4 is 5.57 Å². The van der Waals surface area contributed by atoms with E-state index in [1.54, 1.807) is 13.3 Å². The zero-order chi connectivity index (χ0) is 12.5. The van der Waals surface area contributed by atoms with Gasteiger partial charge in [0, 0.05) is 6.20 Å². The van der Waals surface area contributed by atoms with Gasteiger partial charge in [-0.25, -0.2) is 0 Å². The Labute approximate surface area is 102 Å². The Bertz CT molecular complexity index is 438. The van der Waals surface area contributed by atoms with Crippen LogP contribution in [0.5, 0.6) is 5.75 Å². The highest BCUT2D eigenvalue weighted by Crippen LogP contribution is 2.39. The van der Waals surface area contributed by atoms with Crippen molar-refractivity contribution in [2.45, 2.75) is 32.8 Å². The molecule has 0 saturated heterocycles. The van der Waals surface area contributed by atoms with Crippen LogP contribution in [-0.4, -0.2) is 23.3 Å². The van der Waals surface area contributed by atoms with E-state index in [0.717, 1.165) is 29.7 Å². The van der Waals surface area contributed by atoms with Gasteiger partial charge in [-0.2, -0.15) is 0 Å². The van der Waals surface area contributed by atoms with Gasteiger partial charge in [0.25, 0.3) is 0 Å². The lowest BCUT2D eigenvalue weighted by atomic mass is 9.75. The number of allylic oxidation sites excluding steroid dienone is 1. The second-order valence-electron chi connectivity index (χ2n) is 5.42. The fourth-order valence-corrected chi connectivity index (χ4v) is 2.41. The molecule has 0 spiro atoms. The second kappa shape index (κ2) is 4.49. The number of nitrogens with zero attached hydrogens (tertiary/aromatic N) is 1. The summed E-state index contributed by atoms with van der Waals surface area (Å²) in [6, 6.07) is 1.97. The maximum atomic E-state index is 9.87. The monoisotopic (exact) mass is 233 g/mol. The molecule has 0 aromatic carbocycles. The van der Waals surface area contributed by atoms with Gasteiger partial charge in [-0.1, -0.05) is 19.9 Å². The normalized spacial score (nSPS) is 23.1. The van der Waals surface area contributed by atoms with E-state index in [0.29, 0.717) is 0 Å². The number of ether oxygens (including phenoxy) is 1. The molecule has 17 heavy (non-hydrogen) atoms. The molecule has 1 aromatic heterocycles. The van der Waals surface area contributed by atoms with Gasteiger partial charge >= 0.3 is 0 Å². The average molecular weight is 233 g/mol. The molecule has 0 amide bonds. The molecular weight excluding hydrogens is 214 g/mol. The molecule has 1 unspecified atom stereocenters. The Morgan fingerprint density at radius 3 is 2.82 bits per heavy atom. The summed E-state index contributed by atoms with van der Waals surface area (Å²) in [6.45, 7) is 4.35. The molecule has 1 atom stereocenters. The van der Waals surface area contributed by atoms with Gasteiger partial charge in [0.1, 0.15) is 5.75 Å². The van der Waals surface area contributed by atoms with Crippen molar-refractivity contribution in [3.63, 3.8) is 0 Å². The summed E-state index contributed by atoms with van der Waals surface area (Å²) in [4.78, 5) is 4.16. The van der Waals surface area contributed by atoms with Gasteiger partial charge in [-0.3, -0.25) is 4.98 Å². The van der Waals surface area contributed by atoms with E-state index >= 15 is 0 Å². The minimum atomic E-state index is -0.361. The van der Waals surface area contributed by atoms with Crippen LogP contribution in [0.3, 0.4) is 0 Å². The first-order valence-electron chi connectivity index (χ1n) is 5.88. The van der Waals surface area contributed by atoms with Crippen molar-refractivity contribution in [2.24, 2.45) is 5.41 Å². The Hall–Kier alpha value is -1.35. The van der Waals surface area contributed by atoms with Crippen molar-refractivity contribution < 1.29 is 9.84 Å². The summed E-state index contributed by atoms with van der Waals surface area (Å²) in [5, 5.41) is 9.87. The predicted octanol–water partition coefficient (Wildman–Crippen LogP) is 2.65. The predicted molar refractivity (Wildman–Crippen MR) is 67.8 cm³/mol. The molecule has 0 bridgehead atoms. The molecule has 0 radical (unpaired) electrons. The molecule has 3 nitrogen and oxygen atoms in total. The van der Waals surface area contributed by atoms with Crippen LogP contribution in [0, 0.1) is 5.41 Å². The third-order valence-electron chi connectivity index (χ3n) is 3.14. The van der Waals surface area contributed by atoms with E-state index in [2.05, 4.69) is 18.8 Å². The van der Waals surface area contributed by atoms with Gasteiger partial charge in [-0.15, -0.1) is 0 Å². The lowest BCUT2D eigenvalue weighted by Crippen LogP contribution is -2.24. The van der Waals surface area contributed by atoms with Crippen molar-refractivity contribution in [1.29, 1.82) is 0 Å². The molecule has 1 heterocycles. The van der Waals surface area contributed by atoms with Crippen molar-refractivity contribution in [2.75, 3.05) is 7.11 Å². The van der Waals surface area contributed by atoms with Crippen LogP contribution in [0.25, 0.3) is 5.57 Å². The summed E-state index contributed by atoms with van der Waals surface area (Å²) in [5.41, 5.74) is 2.32. The first-order chi connectivity index (χ1) is 8.00. The topological polar surface area (TPSA) is 42.4 Å². The third-order valence-corrected chi connectivity index (χ3v) is 3.14. The number of hydrogen-bond donors (Lipinski definition) is 1. The van der Waals surface area contributed by atoms with Crippen LogP contribution in [0.15, 0.2) is 24.5 Å². The maximum Gasteiger partial charge on any atom is 0.137 e. The first-order valence-corrected chi connectivity index (χ1v) is 5.88. The van der Waals surface area contributed by atoms with E-state index in [4.69, 9.17) is 4.74 Å². The zero-order valence-electron chi connectivity index (χ0n) is 10.6. The largest absolute Gasteiger partial charge is 0.495 e. The molecule has 0 aliphatic heterocycles. The lowest BCUT2D eigenvalue weighted by Gasteiger charge is -2.32. The number of methoxy groups -OCH3 is 1. The summed E-state index contributed by atoms with van der Waals surface area (Å²) in [6.07, 6.45) is 6.85. The smallest absolute Gasteiger partial charge is 0.137 e. The molecule has 0 saturated carbocycles. The van der Waals surface area contributed by atoms with Crippen LogP contribution < -0.4 is 4.74 Å². The minimum absolute atomic E-state index is 0.132. The van der Waals surface area contributed by atoms with E-state index in [1.807, 2.05) is 18.3 Å². The van der Waals surface area contributed by atoms with Crippen molar-refractivity contribution in [3.05, 3.63) is 30.1 Å². The molecule has 2 rings (SSSR count).